The van der Waals surface area contributed by atoms with Gasteiger partial charge >= 0.3 is 0 Å². The van der Waals surface area contributed by atoms with Gasteiger partial charge in [0.15, 0.2) is 0 Å². The molecule has 2 heterocycles. The van der Waals surface area contributed by atoms with Gasteiger partial charge in [0.1, 0.15) is 5.82 Å². The third-order valence-electron chi connectivity index (χ3n) is 3.88. The van der Waals surface area contributed by atoms with E-state index in [1.54, 1.807) is 6.20 Å². The molecule has 1 aromatic carbocycles. The van der Waals surface area contributed by atoms with Crippen molar-refractivity contribution >= 4 is 34.3 Å². The lowest BCUT2D eigenvalue weighted by Crippen LogP contribution is -2.06. The number of hydrogen-bond donors (Lipinski definition) is 5. The molecule has 7 N–H and O–H groups in total. The first-order valence-electron chi connectivity index (χ1n) is 7.48. The van der Waals surface area contributed by atoms with E-state index in [9.17, 15) is 0 Å². The maximum Gasteiger partial charge on any atom is 0.129 e. The van der Waals surface area contributed by atoms with E-state index in [0.717, 1.165) is 39.6 Å². The first-order valence-corrected chi connectivity index (χ1v) is 7.48. The normalized spacial score (nSPS) is 11.6. The molecule has 0 amide bonds. The number of pyridine rings is 1. The Morgan fingerprint density at radius 2 is 2.21 bits per heavy atom. The van der Waals surface area contributed by atoms with Crippen molar-refractivity contribution in [1.29, 1.82) is 5.41 Å². The van der Waals surface area contributed by atoms with Crippen molar-refractivity contribution < 1.29 is 0 Å². The molecule has 0 saturated carbocycles. The quantitative estimate of drug-likeness (QED) is 0.461. The van der Waals surface area contributed by atoms with Gasteiger partial charge in [-0.05, 0) is 30.7 Å². The summed E-state index contributed by atoms with van der Waals surface area (Å²) in [6.45, 7) is 2.55. The smallest absolute Gasteiger partial charge is 0.129 e. The molecule has 122 valence electrons. The van der Waals surface area contributed by atoms with Gasteiger partial charge < -0.3 is 22.2 Å². The number of allylic oxidation sites excluding steroid dienone is 1. The Morgan fingerprint density at radius 3 is 2.92 bits per heavy atom. The topological polar surface area (TPSA) is 129 Å². The van der Waals surface area contributed by atoms with E-state index in [4.69, 9.17) is 16.9 Å². The molecule has 0 atom stereocenters. The number of hydrogen-bond acceptors (Lipinski definition) is 6. The standard InChI is InChI=1S/C17H19N7/c1-10-16(21-9-12-5-7-22-24-12)13-3-2-11(14(19)4-6-18)8-15(13)23-17(10)20/h2-8,18H,9,19H2,1H3,(H,22,24)(H3,20,21,23)/b14-4-,18-6?. The second-order valence-electron chi connectivity index (χ2n) is 5.45. The molecule has 0 aliphatic heterocycles. The first kappa shape index (κ1) is 15.5. The van der Waals surface area contributed by atoms with Crippen molar-refractivity contribution in [2.75, 3.05) is 11.1 Å². The van der Waals surface area contributed by atoms with Crippen LogP contribution in [0.3, 0.4) is 0 Å². The minimum absolute atomic E-state index is 0.473. The summed E-state index contributed by atoms with van der Waals surface area (Å²) in [6.07, 6.45) is 4.41. The molecule has 3 aromatic rings. The van der Waals surface area contributed by atoms with Gasteiger partial charge in [-0.25, -0.2) is 4.98 Å². The SMILES string of the molecule is Cc1c(N)nc2cc(/C(N)=C/C=N)ccc2c1NCc1ccn[nH]1. The molecule has 0 bridgehead atoms. The van der Waals surface area contributed by atoms with Crippen LogP contribution < -0.4 is 16.8 Å². The summed E-state index contributed by atoms with van der Waals surface area (Å²) in [6, 6.07) is 7.66. The van der Waals surface area contributed by atoms with Gasteiger partial charge in [0, 0.05) is 29.1 Å². The van der Waals surface area contributed by atoms with E-state index in [-0.39, 0.29) is 0 Å². The highest BCUT2D eigenvalue weighted by atomic mass is 15.1. The summed E-state index contributed by atoms with van der Waals surface area (Å²) in [4.78, 5) is 4.46. The second-order valence-corrected chi connectivity index (χ2v) is 5.45. The summed E-state index contributed by atoms with van der Waals surface area (Å²) in [5, 5.41) is 18.4. The molecular formula is C17H19N7. The number of fused-ring (bicyclic) bond motifs is 1. The summed E-state index contributed by atoms with van der Waals surface area (Å²) >= 11 is 0. The van der Waals surface area contributed by atoms with Crippen LogP contribution in [-0.2, 0) is 6.54 Å². The molecule has 2 aromatic heterocycles. The van der Waals surface area contributed by atoms with E-state index in [0.29, 0.717) is 18.1 Å². The molecule has 24 heavy (non-hydrogen) atoms. The fourth-order valence-electron chi connectivity index (χ4n) is 2.54. The molecule has 0 unspecified atom stereocenters. The van der Waals surface area contributed by atoms with Gasteiger partial charge in [0.25, 0.3) is 0 Å². The maximum absolute atomic E-state index is 7.13. The van der Waals surface area contributed by atoms with E-state index in [1.807, 2.05) is 31.2 Å². The number of nitrogens with zero attached hydrogens (tertiary/aromatic N) is 2. The number of aromatic amines is 1. The number of aromatic nitrogens is 3. The van der Waals surface area contributed by atoms with Crippen LogP contribution in [0, 0.1) is 12.3 Å². The van der Waals surface area contributed by atoms with Gasteiger partial charge in [0.05, 0.1) is 23.4 Å². The van der Waals surface area contributed by atoms with Crippen LogP contribution in [0.5, 0.6) is 0 Å². The molecule has 0 aliphatic carbocycles. The predicted octanol–water partition coefficient (Wildman–Crippen LogP) is 2.41. The van der Waals surface area contributed by atoms with Crippen LogP contribution in [0.4, 0.5) is 11.5 Å². The molecular weight excluding hydrogens is 302 g/mol. The highest BCUT2D eigenvalue weighted by Gasteiger charge is 2.11. The summed E-state index contributed by atoms with van der Waals surface area (Å²) in [5.74, 6) is 0.473. The molecule has 0 fully saturated rings. The zero-order valence-corrected chi connectivity index (χ0v) is 13.3. The number of benzene rings is 1. The molecule has 7 heteroatoms. The van der Waals surface area contributed by atoms with E-state index in [1.165, 1.54) is 6.08 Å². The highest BCUT2D eigenvalue weighted by molar-refractivity contribution is 5.97. The van der Waals surface area contributed by atoms with E-state index in [2.05, 4.69) is 20.5 Å². The van der Waals surface area contributed by atoms with E-state index >= 15 is 0 Å². The van der Waals surface area contributed by atoms with Crippen LogP contribution in [0.2, 0.25) is 0 Å². The minimum Gasteiger partial charge on any atom is -0.398 e. The van der Waals surface area contributed by atoms with Crippen molar-refractivity contribution in [3.63, 3.8) is 0 Å². The highest BCUT2D eigenvalue weighted by Crippen LogP contribution is 2.31. The van der Waals surface area contributed by atoms with Crippen LogP contribution >= 0.6 is 0 Å². The monoisotopic (exact) mass is 321 g/mol. The number of nitrogens with one attached hydrogen (secondary N) is 3. The average Bonchev–Trinajstić information content (AvgIpc) is 3.08. The van der Waals surface area contributed by atoms with Gasteiger partial charge in [0.2, 0.25) is 0 Å². The van der Waals surface area contributed by atoms with Crippen molar-refractivity contribution in [2.24, 2.45) is 5.73 Å². The van der Waals surface area contributed by atoms with Crippen molar-refractivity contribution in [3.8, 4) is 0 Å². The number of anilines is 2. The Kier molecular flexibility index (Phi) is 4.15. The Balaban J connectivity index is 2.05. The molecule has 0 radical (unpaired) electrons. The maximum atomic E-state index is 7.13. The summed E-state index contributed by atoms with van der Waals surface area (Å²) in [7, 11) is 0. The molecule has 0 aliphatic rings. The zero-order chi connectivity index (χ0) is 17.1. The molecule has 3 rings (SSSR count). The summed E-state index contributed by atoms with van der Waals surface area (Å²) < 4.78 is 0. The number of nitrogens with two attached hydrogens (primary N) is 2. The number of rotatable bonds is 5. The van der Waals surface area contributed by atoms with Crippen LogP contribution in [0.25, 0.3) is 16.6 Å². The minimum atomic E-state index is 0.473. The van der Waals surface area contributed by atoms with Crippen LogP contribution in [-0.4, -0.2) is 21.4 Å². The number of H-pyrrole nitrogens is 1. The van der Waals surface area contributed by atoms with E-state index < -0.39 is 0 Å². The fraction of sp³-hybridized carbons (Fsp3) is 0.118. The Hall–Kier alpha value is -3.35. The van der Waals surface area contributed by atoms with Crippen LogP contribution in [0.1, 0.15) is 16.8 Å². The first-order chi connectivity index (χ1) is 11.6. The third kappa shape index (κ3) is 2.91. The van der Waals surface area contributed by atoms with Gasteiger partial charge in [-0.1, -0.05) is 12.1 Å². The Bertz CT molecular complexity index is 910. The van der Waals surface area contributed by atoms with Crippen molar-refractivity contribution in [3.05, 3.63) is 53.4 Å². The second kappa shape index (κ2) is 6.41. The third-order valence-corrected chi connectivity index (χ3v) is 3.88. The van der Waals surface area contributed by atoms with Gasteiger partial charge in [-0.3, -0.25) is 5.10 Å². The Labute approximate surface area is 139 Å². The van der Waals surface area contributed by atoms with Crippen molar-refractivity contribution in [1.82, 2.24) is 15.2 Å². The summed E-state index contributed by atoms with van der Waals surface area (Å²) in [5.41, 5.74) is 16.9. The van der Waals surface area contributed by atoms with Crippen molar-refractivity contribution in [2.45, 2.75) is 13.5 Å². The average molecular weight is 321 g/mol. The molecule has 0 saturated heterocycles. The largest absolute Gasteiger partial charge is 0.398 e. The zero-order valence-electron chi connectivity index (χ0n) is 13.3. The number of nitrogen functional groups attached to an aromatic ring is 1. The predicted molar refractivity (Wildman–Crippen MR) is 97.8 cm³/mol. The van der Waals surface area contributed by atoms with Gasteiger partial charge in [-0.2, -0.15) is 5.10 Å². The lowest BCUT2D eigenvalue weighted by Gasteiger charge is -2.15. The Morgan fingerprint density at radius 1 is 1.38 bits per heavy atom. The molecule has 0 spiro atoms. The fourth-order valence-corrected chi connectivity index (χ4v) is 2.54. The van der Waals surface area contributed by atoms with Gasteiger partial charge in [-0.15, -0.1) is 0 Å². The van der Waals surface area contributed by atoms with Crippen LogP contribution in [0.15, 0.2) is 36.5 Å². The lowest BCUT2D eigenvalue weighted by molar-refractivity contribution is 0.981. The lowest BCUT2D eigenvalue weighted by atomic mass is 10.0. The molecule has 7 nitrogen and oxygen atoms in total.